The number of hydrogen-bond donors (Lipinski definition) is 0. The fraction of sp³-hybridized carbons (Fsp3) is 0.0909. The van der Waals surface area contributed by atoms with Crippen molar-refractivity contribution in [3.8, 4) is 0 Å². The van der Waals surface area contributed by atoms with Gasteiger partial charge in [0.05, 0.1) is 0 Å². The molecule has 0 aliphatic rings. The quantitative estimate of drug-likeness (QED) is 0.366. The predicted molar refractivity (Wildman–Crippen MR) is 108 cm³/mol. The lowest BCUT2D eigenvalue weighted by molar-refractivity contribution is 1.45. The third-order valence-electron chi connectivity index (χ3n) is 4.57. The molecule has 0 N–H and O–H groups in total. The minimum atomic E-state index is -0.933. The summed E-state index contributed by atoms with van der Waals surface area (Å²) in [6, 6.07) is 31.8. The maximum Gasteiger partial charge on any atom is 0.124 e. The number of rotatable bonds is 4. The Bertz CT molecular complexity index is 903. The van der Waals surface area contributed by atoms with Crippen molar-refractivity contribution in [3.63, 3.8) is 0 Å². The van der Waals surface area contributed by atoms with Crippen molar-refractivity contribution in [3.05, 3.63) is 84.9 Å². The third kappa shape index (κ3) is 2.75. The molecule has 0 aliphatic heterocycles. The second-order valence-electron chi connectivity index (χ2n) is 5.97. The summed E-state index contributed by atoms with van der Waals surface area (Å²) in [6.07, 6.45) is 0. The highest BCUT2D eigenvalue weighted by Gasteiger charge is 2.20. The zero-order valence-electron chi connectivity index (χ0n) is 13.4. The van der Waals surface area contributed by atoms with E-state index in [4.69, 9.17) is 11.6 Å². The highest BCUT2D eigenvalue weighted by atomic mass is 35.5. The number of fused-ring (bicyclic) bond motifs is 2. The largest absolute Gasteiger partial charge is 0.127 e. The van der Waals surface area contributed by atoms with Crippen LogP contribution >= 0.6 is 11.6 Å². The van der Waals surface area contributed by atoms with Crippen LogP contribution in [0.2, 0.25) is 6.04 Å². The molecule has 1 radical (unpaired) electrons. The fourth-order valence-electron chi connectivity index (χ4n) is 3.49. The van der Waals surface area contributed by atoms with Gasteiger partial charge in [-0.1, -0.05) is 84.9 Å². The van der Waals surface area contributed by atoms with Crippen LogP contribution in [0.3, 0.4) is 0 Å². The molecule has 0 aliphatic carbocycles. The average Bonchev–Trinajstić information content (AvgIpc) is 2.65. The first-order valence-electron chi connectivity index (χ1n) is 8.26. The van der Waals surface area contributed by atoms with Gasteiger partial charge in [0, 0.05) is 5.88 Å². The SMILES string of the molecule is ClCC[Si](c1cccc2ccccc12)c1cccc2ccccc12. The van der Waals surface area contributed by atoms with Gasteiger partial charge in [-0.3, -0.25) is 0 Å². The summed E-state index contributed by atoms with van der Waals surface area (Å²) in [6.45, 7) is 0. The summed E-state index contributed by atoms with van der Waals surface area (Å²) in [5.41, 5.74) is 0. The van der Waals surface area contributed by atoms with Crippen molar-refractivity contribution < 1.29 is 0 Å². The van der Waals surface area contributed by atoms with E-state index >= 15 is 0 Å². The van der Waals surface area contributed by atoms with Gasteiger partial charge in [0.2, 0.25) is 0 Å². The smallest absolute Gasteiger partial charge is 0.124 e. The minimum absolute atomic E-state index is 0.695. The minimum Gasteiger partial charge on any atom is -0.127 e. The Morgan fingerprint density at radius 2 is 1.04 bits per heavy atom. The van der Waals surface area contributed by atoms with Crippen molar-refractivity contribution in [2.75, 3.05) is 5.88 Å². The molecule has 0 bridgehead atoms. The Kier molecular flexibility index (Phi) is 4.37. The zero-order chi connectivity index (χ0) is 16.4. The molecule has 0 atom stereocenters. The predicted octanol–water partition coefficient (Wildman–Crippen LogP) is 4.84. The van der Waals surface area contributed by atoms with Crippen molar-refractivity contribution in [2.45, 2.75) is 6.04 Å². The van der Waals surface area contributed by atoms with Gasteiger partial charge >= 0.3 is 0 Å². The summed E-state index contributed by atoms with van der Waals surface area (Å²) < 4.78 is 0. The Labute approximate surface area is 149 Å². The number of hydrogen-bond acceptors (Lipinski definition) is 0. The lowest BCUT2D eigenvalue weighted by Crippen LogP contribution is -2.43. The molecule has 4 rings (SSSR count). The molecular weight excluding hydrogens is 328 g/mol. The van der Waals surface area contributed by atoms with E-state index in [1.807, 2.05) is 0 Å². The average molecular weight is 346 g/mol. The molecule has 24 heavy (non-hydrogen) atoms. The molecule has 0 amide bonds. The van der Waals surface area contributed by atoms with Crippen molar-refractivity contribution >= 4 is 52.3 Å². The summed E-state index contributed by atoms with van der Waals surface area (Å²) in [5.74, 6) is 0.695. The van der Waals surface area contributed by atoms with Gasteiger partial charge in [-0.15, -0.1) is 11.6 Å². The number of halogens is 1. The van der Waals surface area contributed by atoms with Crippen LogP contribution in [-0.4, -0.2) is 14.7 Å². The second-order valence-corrected chi connectivity index (χ2v) is 8.88. The highest BCUT2D eigenvalue weighted by molar-refractivity contribution is 6.88. The van der Waals surface area contributed by atoms with Gasteiger partial charge in [0.1, 0.15) is 8.80 Å². The highest BCUT2D eigenvalue weighted by Crippen LogP contribution is 2.17. The molecule has 0 nitrogen and oxygen atoms in total. The summed E-state index contributed by atoms with van der Waals surface area (Å²) in [4.78, 5) is 0. The summed E-state index contributed by atoms with van der Waals surface area (Å²) in [7, 11) is -0.933. The van der Waals surface area contributed by atoms with E-state index in [1.54, 1.807) is 0 Å². The Balaban J connectivity index is 1.96. The second kappa shape index (κ2) is 6.80. The van der Waals surface area contributed by atoms with Crippen LogP contribution in [0.25, 0.3) is 21.5 Å². The van der Waals surface area contributed by atoms with Crippen LogP contribution in [0.15, 0.2) is 84.9 Å². The Morgan fingerprint density at radius 3 is 1.54 bits per heavy atom. The van der Waals surface area contributed by atoms with Crippen LogP contribution in [0.4, 0.5) is 0 Å². The van der Waals surface area contributed by atoms with E-state index < -0.39 is 8.80 Å². The lowest BCUT2D eigenvalue weighted by Gasteiger charge is -2.19. The molecule has 117 valence electrons. The van der Waals surface area contributed by atoms with Gasteiger partial charge in [0.25, 0.3) is 0 Å². The van der Waals surface area contributed by atoms with Crippen LogP contribution in [-0.2, 0) is 0 Å². The first-order chi connectivity index (χ1) is 11.9. The van der Waals surface area contributed by atoms with E-state index in [0.29, 0.717) is 5.88 Å². The molecule has 0 aromatic heterocycles. The van der Waals surface area contributed by atoms with Crippen molar-refractivity contribution in [1.29, 1.82) is 0 Å². The summed E-state index contributed by atoms with van der Waals surface area (Å²) >= 11 is 6.22. The van der Waals surface area contributed by atoms with Gasteiger partial charge < -0.3 is 0 Å². The van der Waals surface area contributed by atoms with Crippen LogP contribution in [0.5, 0.6) is 0 Å². The molecule has 0 saturated carbocycles. The molecule has 2 heteroatoms. The molecule has 0 saturated heterocycles. The molecule has 4 aromatic rings. The van der Waals surface area contributed by atoms with Crippen LogP contribution in [0, 0.1) is 0 Å². The monoisotopic (exact) mass is 345 g/mol. The zero-order valence-corrected chi connectivity index (χ0v) is 15.1. The maximum absolute atomic E-state index is 6.22. The van der Waals surface area contributed by atoms with E-state index in [2.05, 4.69) is 84.9 Å². The first-order valence-corrected chi connectivity index (χ1v) is 10.5. The van der Waals surface area contributed by atoms with Gasteiger partial charge in [-0.05, 0) is 38.0 Å². The standard InChI is InChI=1S/C22H18ClSi/c23-15-16-24(21-13-5-9-17-7-1-3-11-19(17)21)22-14-6-10-18-8-2-4-12-20(18)22/h1-14H,15-16H2. The molecular formula is C22H18ClSi. The topological polar surface area (TPSA) is 0 Å². The molecule has 0 heterocycles. The van der Waals surface area contributed by atoms with E-state index in [1.165, 1.54) is 31.9 Å². The van der Waals surface area contributed by atoms with Crippen LogP contribution in [0.1, 0.15) is 0 Å². The maximum atomic E-state index is 6.22. The van der Waals surface area contributed by atoms with Crippen molar-refractivity contribution in [1.82, 2.24) is 0 Å². The Morgan fingerprint density at radius 1 is 0.583 bits per heavy atom. The lowest BCUT2D eigenvalue weighted by atomic mass is 10.1. The van der Waals surface area contributed by atoms with Gasteiger partial charge in [-0.2, -0.15) is 0 Å². The Hall–Kier alpha value is -2.09. The van der Waals surface area contributed by atoms with Gasteiger partial charge in [-0.25, -0.2) is 0 Å². The van der Waals surface area contributed by atoms with Crippen LogP contribution < -0.4 is 10.4 Å². The van der Waals surface area contributed by atoms with Crippen molar-refractivity contribution in [2.24, 2.45) is 0 Å². The molecule has 4 aromatic carbocycles. The molecule has 0 unspecified atom stereocenters. The number of alkyl halides is 1. The van der Waals surface area contributed by atoms with Gasteiger partial charge in [0.15, 0.2) is 0 Å². The van der Waals surface area contributed by atoms with E-state index in [0.717, 1.165) is 6.04 Å². The fourth-order valence-corrected chi connectivity index (χ4v) is 6.77. The first kappa shape index (κ1) is 15.4. The molecule has 0 fully saturated rings. The number of benzene rings is 4. The molecule has 0 spiro atoms. The third-order valence-corrected chi connectivity index (χ3v) is 8.00. The van der Waals surface area contributed by atoms with E-state index in [-0.39, 0.29) is 0 Å². The summed E-state index contributed by atoms with van der Waals surface area (Å²) in [5, 5.41) is 8.30. The van der Waals surface area contributed by atoms with E-state index in [9.17, 15) is 0 Å². The normalized spacial score (nSPS) is 11.4.